The molecule has 0 aliphatic carbocycles. The van der Waals surface area contributed by atoms with Crippen LogP contribution in [-0.2, 0) is 11.0 Å². The summed E-state index contributed by atoms with van der Waals surface area (Å²) < 4.78 is 50.5. The number of nitrogens with one attached hydrogen (secondary N) is 3. The van der Waals surface area contributed by atoms with E-state index in [0.29, 0.717) is 42.5 Å². The van der Waals surface area contributed by atoms with Gasteiger partial charge in [-0.1, -0.05) is 11.6 Å². The minimum atomic E-state index is -4.62. The number of amides is 1. The molecular weight excluding hydrogens is 529 g/mol. The molecule has 1 atom stereocenters. The third kappa shape index (κ3) is 9.29. The van der Waals surface area contributed by atoms with Crippen molar-refractivity contribution >= 4 is 28.9 Å². The second-order valence-corrected chi connectivity index (χ2v) is 8.44. The molecule has 0 aliphatic rings. The smallest absolute Gasteiger partial charge is 0.417 e. The summed E-state index contributed by atoms with van der Waals surface area (Å²) in [7, 11) is 0. The molecule has 0 fully saturated rings. The van der Waals surface area contributed by atoms with Crippen LogP contribution in [0, 0.1) is 0 Å². The molecule has 1 unspecified atom stereocenters. The number of pyridine rings is 1. The number of nitrogens with zero attached hydrogens (tertiary/aromatic N) is 1. The first kappa shape index (κ1) is 28.8. The van der Waals surface area contributed by atoms with Gasteiger partial charge in [0.15, 0.2) is 0 Å². The van der Waals surface area contributed by atoms with Crippen molar-refractivity contribution in [3.63, 3.8) is 0 Å². The number of halogens is 4. The van der Waals surface area contributed by atoms with Gasteiger partial charge in [-0.05, 0) is 67.8 Å². The molecule has 9 nitrogen and oxygen atoms in total. The molecule has 1 heterocycles. The minimum Gasteiger partial charge on any atom is -0.478 e. The maximum absolute atomic E-state index is 13.0. The molecule has 3 aromatic rings. The van der Waals surface area contributed by atoms with Gasteiger partial charge in [-0.15, -0.1) is 0 Å². The molecule has 38 heavy (non-hydrogen) atoms. The van der Waals surface area contributed by atoms with Crippen molar-refractivity contribution in [3.05, 3.63) is 71.4 Å². The van der Waals surface area contributed by atoms with Crippen molar-refractivity contribution in [2.24, 2.45) is 0 Å². The third-order valence-corrected chi connectivity index (χ3v) is 5.43. The van der Waals surface area contributed by atoms with E-state index in [-0.39, 0.29) is 12.1 Å². The molecule has 0 radical (unpaired) electrons. The quantitative estimate of drug-likeness (QED) is 0.0778. The number of aromatic nitrogens is 1. The maximum Gasteiger partial charge on any atom is 0.417 e. The van der Waals surface area contributed by atoms with Crippen LogP contribution >= 0.6 is 11.6 Å². The topological polar surface area (TPSA) is 125 Å². The Morgan fingerprint density at radius 1 is 0.974 bits per heavy atom. The van der Waals surface area contributed by atoms with Gasteiger partial charge in [0.05, 0.1) is 17.2 Å². The van der Waals surface area contributed by atoms with Gasteiger partial charge in [0.1, 0.15) is 11.5 Å². The zero-order valence-electron chi connectivity index (χ0n) is 20.0. The van der Waals surface area contributed by atoms with Gasteiger partial charge in [-0.3, -0.25) is 10.0 Å². The van der Waals surface area contributed by atoms with Crippen LogP contribution in [0.3, 0.4) is 0 Å². The largest absolute Gasteiger partial charge is 0.478 e. The van der Waals surface area contributed by atoms with Crippen molar-refractivity contribution in [3.8, 4) is 17.4 Å². The Hall–Kier alpha value is -3.74. The molecule has 0 bridgehead atoms. The summed E-state index contributed by atoms with van der Waals surface area (Å²) in [6.45, 7) is 0.404. The summed E-state index contributed by atoms with van der Waals surface area (Å²) >= 11 is 5.61. The molecule has 1 aromatic heterocycles. The lowest BCUT2D eigenvalue weighted by Crippen LogP contribution is -2.28. The van der Waals surface area contributed by atoms with Gasteiger partial charge in [0.2, 0.25) is 18.1 Å². The van der Waals surface area contributed by atoms with E-state index in [4.69, 9.17) is 26.3 Å². The zero-order chi connectivity index (χ0) is 27.5. The molecule has 204 valence electrons. The Morgan fingerprint density at radius 3 is 2.39 bits per heavy atom. The number of ether oxygens (including phenoxy) is 2. The van der Waals surface area contributed by atoms with Crippen molar-refractivity contribution in [2.75, 3.05) is 17.2 Å². The highest BCUT2D eigenvalue weighted by Crippen LogP contribution is 2.36. The highest BCUT2D eigenvalue weighted by molar-refractivity contribution is 6.31. The summed E-state index contributed by atoms with van der Waals surface area (Å²) in [5.74, 6) is 0.930. The summed E-state index contributed by atoms with van der Waals surface area (Å²) in [6.07, 6.45) is -2.13. The van der Waals surface area contributed by atoms with Crippen molar-refractivity contribution in [1.82, 2.24) is 10.5 Å². The zero-order valence-corrected chi connectivity index (χ0v) is 20.7. The van der Waals surface area contributed by atoms with Crippen LogP contribution < -0.4 is 25.6 Å². The molecule has 0 saturated carbocycles. The van der Waals surface area contributed by atoms with Crippen LogP contribution in [0.5, 0.6) is 17.4 Å². The van der Waals surface area contributed by atoms with Gasteiger partial charge < -0.3 is 25.2 Å². The first-order valence-electron chi connectivity index (χ1n) is 11.5. The molecule has 2 aromatic carbocycles. The fraction of sp³-hybridized carbons (Fsp3) is 0.280. The first-order chi connectivity index (χ1) is 18.1. The molecule has 1 amide bonds. The molecule has 5 N–H and O–H groups in total. The monoisotopic (exact) mass is 554 g/mol. The second kappa shape index (κ2) is 13.7. The maximum atomic E-state index is 13.0. The average molecular weight is 555 g/mol. The predicted octanol–water partition coefficient (Wildman–Crippen LogP) is 5.79. The number of anilines is 2. The van der Waals surface area contributed by atoms with E-state index in [1.165, 1.54) is 12.3 Å². The van der Waals surface area contributed by atoms with E-state index in [1.807, 2.05) is 0 Å². The number of carbonyl (C=O) groups excluding carboxylic acids is 1. The molecule has 3 rings (SSSR count). The fourth-order valence-corrected chi connectivity index (χ4v) is 3.49. The Morgan fingerprint density at radius 2 is 1.68 bits per heavy atom. The van der Waals surface area contributed by atoms with Crippen LogP contribution in [0.2, 0.25) is 5.02 Å². The van der Waals surface area contributed by atoms with E-state index in [9.17, 15) is 23.1 Å². The number of hydroxylamine groups is 1. The summed E-state index contributed by atoms with van der Waals surface area (Å²) in [5.41, 5.74) is 1.10. The number of aliphatic hydroxyl groups excluding tert-OH is 1. The highest BCUT2D eigenvalue weighted by Gasteiger charge is 2.33. The second-order valence-electron chi connectivity index (χ2n) is 8.03. The number of benzene rings is 2. The SMILES string of the molecule is O=C(CCCCCOc1cc(Oc2ccc(NC(O)Nc3ccc(Cl)c(C(F)(F)F)c3)cc2)ccn1)NO. The normalized spacial score (nSPS) is 11.9. The minimum absolute atomic E-state index is 0.0338. The van der Waals surface area contributed by atoms with Gasteiger partial charge in [0.25, 0.3) is 0 Å². The van der Waals surface area contributed by atoms with E-state index >= 15 is 0 Å². The predicted molar refractivity (Wildman–Crippen MR) is 134 cm³/mol. The van der Waals surface area contributed by atoms with Crippen molar-refractivity contribution in [2.45, 2.75) is 38.2 Å². The third-order valence-electron chi connectivity index (χ3n) is 5.10. The fourth-order valence-electron chi connectivity index (χ4n) is 3.27. The van der Waals surface area contributed by atoms with Crippen molar-refractivity contribution in [1.29, 1.82) is 0 Å². The summed E-state index contributed by atoms with van der Waals surface area (Å²) in [6, 6.07) is 13.1. The number of hydrogen-bond donors (Lipinski definition) is 5. The van der Waals surface area contributed by atoms with Crippen LogP contribution in [0.15, 0.2) is 60.8 Å². The molecule has 13 heteroatoms. The lowest BCUT2D eigenvalue weighted by atomic mass is 10.2. The lowest BCUT2D eigenvalue weighted by molar-refractivity contribution is -0.137. The van der Waals surface area contributed by atoms with Crippen LogP contribution in [0.25, 0.3) is 0 Å². The van der Waals surface area contributed by atoms with Gasteiger partial charge in [-0.25, -0.2) is 10.5 Å². The Balaban J connectivity index is 1.47. The van der Waals surface area contributed by atoms with Gasteiger partial charge in [-0.2, -0.15) is 13.2 Å². The lowest BCUT2D eigenvalue weighted by Gasteiger charge is -2.18. The van der Waals surface area contributed by atoms with Crippen LogP contribution in [0.4, 0.5) is 24.5 Å². The Labute approximate surface area is 221 Å². The van der Waals surface area contributed by atoms with E-state index in [1.54, 1.807) is 41.9 Å². The molecule has 0 saturated heterocycles. The van der Waals surface area contributed by atoms with E-state index in [2.05, 4.69) is 15.6 Å². The van der Waals surface area contributed by atoms with Gasteiger partial charge in [0, 0.05) is 30.1 Å². The molecule has 0 spiro atoms. The van der Waals surface area contributed by atoms with Gasteiger partial charge >= 0.3 is 6.18 Å². The molecule has 0 aliphatic heterocycles. The van der Waals surface area contributed by atoms with E-state index < -0.39 is 29.0 Å². The number of alkyl halides is 3. The summed E-state index contributed by atoms with van der Waals surface area (Å²) in [4.78, 5) is 15.1. The number of rotatable bonds is 13. The summed E-state index contributed by atoms with van der Waals surface area (Å²) in [5, 5.41) is 23.5. The van der Waals surface area contributed by atoms with Crippen molar-refractivity contribution < 1.29 is 37.8 Å². The van der Waals surface area contributed by atoms with E-state index in [0.717, 1.165) is 18.6 Å². The number of aliphatic hydroxyl groups is 1. The average Bonchev–Trinajstić information content (AvgIpc) is 2.88. The number of carbonyl (C=O) groups is 1. The highest BCUT2D eigenvalue weighted by atomic mass is 35.5. The number of hydrogen-bond acceptors (Lipinski definition) is 8. The van der Waals surface area contributed by atoms with Crippen LogP contribution in [-0.4, -0.2) is 34.2 Å². The Kier molecular flexibility index (Phi) is 10.4. The van der Waals surface area contributed by atoms with Crippen LogP contribution in [0.1, 0.15) is 31.2 Å². The standard InChI is InChI=1S/C25H26ClF3N4O5/c26-21-10-7-17(14-20(21)25(27,28)29)32-24(35)31-16-5-8-18(9-6-16)38-19-11-12-30-23(15-19)37-13-3-1-2-4-22(34)33-36/h5-12,14-15,24,31-32,35-36H,1-4,13H2,(H,33,34). The first-order valence-corrected chi connectivity index (χ1v) is 11.9. The number of unbranched alkanes of at least 4 members (excludes halogenated alkanes) is 2. The molecular formula is C25H26ClF3N4O5. The Bertz CT molecular complexity index is 1200.